The number of hydrogen-bond acceptors (Lipinski definition) is 5. The van der Waals surface area contributed by atoms with E-state index in [0.29, 0.717) is 11.5 Å². The molecule has 2 amide bonds. The van der Waals surface area contributed by atoms with E-state index >= 15 is 0 Å². The average molecular weight is 376 g/mol. The number of carbonyl (C=O) groups is 2. The lowest BCUT2D eigenvalue weighted by molar-refractivity contribution is -0.154. The second-order valence-corrected chi connectivity index (χ2v) is 7.41. The van der Waals surface area contributed by atoms with Gasteiger partial charge in [-0.1, -0.05) is 48.5 Å². The molecule has 0 bridgehead atoms. The molecule has 0 saturated heterocycles. The predicted octanol–water partition coefficient (Wildman–Crippen LogP) is 1.59. The first kappa shape index (κ1) is 19.6. The highest BCUT2D eigenvalue weighted by Crippen LogP contribution is 2.14. The fourth-order valence-corrected chi connectivity index (χ4v) is 3.50. The van der Waals surface area contributed by atoms with E-state index in [1.165, 1.54) is 12.1 Å². The van der Waals surface area contributed by atoms with E-state index in [1.54, 1.807) is 18.2 Å². The molecule has 0 aliphatic rings. The van der Waals surface area contributed by atoms with Crippen molar-refractivity contribution in [2.24, 2.45) is 5.92 Å². The molecule has 0 radical (unpaired) electrons. The Morgan fingerprint density at radius 3 is 2.23 bits per heavy atom. The second kappa shape index (κ2) is 9.12. The molecule has 2 aromatic rings. The predicted molar refractivity (Wildman–Crippen MR) is 94.6 cm³/mol. The monoisotopic (exact) mass is 376 g/mol. The summed E-state index contributed by atoms with van der Waals surface area (Å²) < 4.78 is 26.6. The Hall–Kier alpha value is -2.71. The Kier molecular flexibility index (Phi) is 6.88. The fourth-order valence-electron chi connectivity index (χ4n) is 2.43. The fraction of sp³-hybridized carbons (Fsp3) is 0.222. The normalized spacial score (nSPS) is 12.2. The lowest BCUT2D eigenvalue weighted by Crippen LogP contribution is -2.40. The molecular weight excluding hydrogens is 356 g/mol. The summed E-state index contributed by atoms with van der Waals surface area (Å²) >= 11 is 0. The van der Waals surface area contributed by atoms with Crippen molar-refractivity contribution in [1.29, 1.82) is 0 Å². The Bertz CT molecular complexity index is 825. The third-order valence-electron chi connectivity index (χ3n) is 3.81. The van der Waals surface area contributed by atoms with Crippen LogP contribution >= 0.6 is 0 Å². The highest BCUT2D eigenvalue weighted by atomic mass is 32.2. The van der Waals surface area contributed by atoms with Gasteiger partial charge >= 0.3 is 0 Å². The molecule has 1 atom stereocenters. The highest BCUT2D eigenvalue weighted by Gasteiger charge is 2.26. The smallest absolute Gasteiger partial charge is 0.264 e. The zero-order valence-electron chi connectivity index (χ0n) is 14.0. The van der Waals surface area contributed by atoms with Gasteiger partial charge in [-0.2, -0.15) is 0 Å². The van der Waals surface area contributed by atoms with Crippen molar-refractivity contribution in [1.82, 2.24) is 9.79 Å². The third kappa shape index (κ3) is 5.68. The van der Waals surface area contributed by atoms with Crippen molar-refractivity contribution in [2.45, 2.75) is 17.7 Å². The molecule has 2 N–H and O–H groups in total. The maximum Gasteiger partial charge on any atom is 0.264 e. The van der Waals surface area contributed by atoms with Crippen LogP contribution in [0.4, 0.5) is 0 Å². The summed E-state index contributed by atoms with van der Waals surface area (Å²) in [6, 6.07) is 16.8. The molecule has 0 heterocycles. The number of nitrogens with zero attached hydrogens (tertiary/aromatic N) is 1. The molecule has 0 fully saturated rings. The number of benzene rings is 2. The maximum absolute atomic E-state index is 12.5. The molecule has 26 heavy (non-hydrogen) atoms. The summed E-state index contributed by atoms with van der Waals surface area (Å²) in [6.45, 7) is -0.299. The van der Waals surface area contributed by atoms with Gasteiger partial charge in [0.2, 0.25) is 12.3 Å². The first-order valence-corrected chi connectivity index (χ1v) is 9.47. The zero-order chi connectivity index (χ0) is 19.0. The van der Waals surface area contributed by atoms with Gasteiger partial charge in [0.1, 0.15) is 0 Å². The molecule has 0 aromatic heterocycles. The van der Waals surface area contributed by atoms with Gasteiger partial charge in [-0.25, -0.2) is 18.2 Å². The van der Waals surface area contributed by atoms with Crippen LogP contribution in [0.3, 0.4) is 0 Å². The molecule has 0 aliphatic heterocycles. The SMILES string of the molecule is O=CN(O)CC(CCc1ccccc1)C(=O)NS(=O)(=O)c1ccccc1. The quantitative estimate of drug-likeness (QED) is 0.393. The van der Waals surface area contributed by atoms with Gasteiger partial charge in [-0.15, -0.1) is 0 Å². The first-order chi connectivity index (χ1) is 12.4. The first-order valence-electron chi connectivity index (χ1n) is 7.99. The van der Waals surface area contributed by atoms with Gasteiger partial charge in [-0.3, -0.25) is 14.8 Å². The van der Waals surface area contributed by atoms with Gasteiger partial charge in [0.05, 0.1) is 17.4 Å². The van der Waals surface area contributed by atoms with E-state index in [0.717, 1.165) is 5.56 Å². The number of amides is 2. The molecule has 8 heteroatoms. The molecule has 0 saturated carbocycles. The van der Waals surface area contributed by atoms with E-state index in [1.807, 2.05) is 35.1 Å². The number of nitrogens with one attached hydrogen (secondary N) is 1. The number of hydroxylamine groups is 2. The van der Waals surface area contributed by atoms with Crippen LogP contribution in [0.15, 0.2) is 65.6 Å². The molecular formula is C18H20N2O5S. The van der Waals surface area contributed by atoms with Crippen LogP contribution in [0.5, 0.6) is 0 Å². The average Bonchev–Trinajstić information content (AvgIpc) is 2.66. The van der Waals surface area contributed by atoms with Gasteiger partial charge in [-0.05, 0) is 30.5 Å². The minimum absolute atomic E-state index is 0.0357. The molecule has 2 rings (SSSR count). The molecule has 0 aliphatic carbocycles. The second-order valence-electron chi connectivity index (χ2n) is 5.73. The van der Waals surface area contributed by atoms with E-state index in [-0.39, 0.29) is 24.3 Å². The van der Waals surface area contributed by atoms with Crippen LogP contribution in [0.2, 0.25) is 0 Å². The summed E-state index contributed by atoms with van der Waals surface area (Å²) in [5, 5.41) is 9.76. The largest absolute Gasteiger partial charge is 0.286 e. The van der Waals surface area contributed by atoms with Crippen molar-refractivity contribution >= 4 is 22.3 Å². The van der Waals surface area contributed by atoms with Gasteiger partial charge in [0, 0.05) is 0 Å². The number of sulfonamides is 1. The minimum Gasteiger partial charge on any atom is -0.286 e. The zero-order valence-corrected chi connectivity index (χ0v) is 14.8. The Balaban J connectivity index is 2.10. The van der Waals surface area contributed by atoms with Crippen LogP contribution in [-0.4, -0.2) is 37.6 Å². The molecule has 2 aromatic carbocycles. The van der Waals surface area contributed by atoms with E-state index in [9.17, 15) is 23.2 Å². The molecule has 0 spiro atoms. The number of aryl methyl sites for hydroxylation is 1. The summed E-state index contributed by atoms with van der Waals surface area (Å²) in [5.41, 5.74) is 0.965. The van der Waals surface area contributed by atoms with Gasteiger partial charge in [0.15, 0.2) is 0 Å². The van der Waals surface area contributed by atoms with Crippen LogP contribution in [-0.2, 0) is 26.0 Å². The molecule has 138 valence electrons. The van der Waals surface area contributed by atoms with Crippen LogP contribution < -0.4 is 4.72 Å². The van der Waals surface area contributed by atoms with E-state index < -0.39 is 21.8 Å². The molecule has 7 nitrogen and oxygen atoms in total. The summed E-state index contributed by atoms with van der Waals surface area (Å²) in [5.74, 6) is -1.66. The Morgan fingerprint density at radius 2 is 1.65 bits per heavy atom. The number of hydrogen-bond donors (Lipinski definition) is 2. The van der Waals surface area contributed by atoms with Crippen molar-refractivity contribution in [3.05, 3.63) is 66.2 Å². The minimum atomic E-state index is -4.02. The van der Waals surface area contributed by atoms with Crippen LogP contribution in [0.1, 0.15) is 12.0 Å². The summed E-state index contributed by atoms with van der Waals surface area (Å²) in [4.78, 5) is 23.1. The van der Waals surface area contributed by atoms with E-state index in [2.05, 4.69) is 0 Å². The topological polar surface area (TPSA) is 104 Å². The van der Waals surface area contributed by atoms with Crippen molar-refractivity contribution < 1.29 is 23.2 Å². The van der Waals surface area contributed by atoms with Crippen molar-refractivity contribution in [3.8, 4) is 0 Å². The van der Waals surface area contributed by atoms with Crippen molar-refractivity contribution in [3.63, 3.8) is 0 Å². The van der Waals surface area contributed by atoms with E-state index in [4.69, 9.17) is 0 Å². The van der Waals surface area contributed by atoms with Crippen LogP contribution in [0.25, 0.3) is 0 Å². The summed E-state index contributed by atoms with van der Waals surface area (Å²) in [7, 11) is -4.02. The third-order valence-corrected chi connectivity index (χ3v) is 5.18. The summed E-state index contributed by atoms with van der Waals surface area (Å²) in [6.07, 6.45) is 0.941. The standard InChI is InChI=1S/C18H20N2O5S/c21-14-20(23)13-16(12-11-15-7-3-1-4-8-15)18(22)19-26(24,25)17-9-5-2-6-10-17/h1-10,14,16,23H,11-13H2,(H,19,22). The highest BCUT2D eigenvalue weighted by molar-refractivity contribution is 7.90. The maximum atomic E-state index is 12.5. The van der Waals surface area contributed by atoms with Gasteiger partial charge < -0.3 is 0 Å². The lowest BCUT2D eigenvalue weighted by atomic mass is 9.99. The van der Waals surface area contributed by atoms with Gasteiger partial charge in [0.25, 0.3) is 10.0 Å². The molecule has 1 unspecified atom stereocenters. The lowest BCUT2D eigenvalue weighted by Gasteiger charge is -2.19. The Labute approximate surface area is 152 Å². The number of carbonyl (C=O) groups excluding carboxylic acids is 2. The Morgan fingerprint density at radius 1 is 1.08 bits per heavy atom. The van der Waals surface area contributed by atoms with Crippen LogP contribution in [0, 0.1) is 5.92 Å². The van der Waals surface area contributed by atoms with Crippen molar-refractivity contribution in [2.75, 3.05) is 6.54 Å². The number of rotatable bonds is 9.